The van der Waals surface area contributed by atoms with Crippen molar-refractivity contribution >= 4 is 51.7 Å². The normalized spacial score (nSPS) is 11.0. The topological polar surface area (TPSA) is 77.7 Å². The first-order chi connectivity index (χ1) is 18.9. The van der Waals surface area contributed by atoms with E-state index in [2.05, 4.69) is 10.3 Å². The molecule has 204 valence electrons. The van der Waals surface area contributed by atoms with Gasteiger partial charge in [-0.1, -0.05) is 59.6 Å². The number of hydrogen-bond donors (Lipinski definition) is 2. The average Bonchev–Trinajstić information content (AvgIpc) is 3.35. The van der Waals surface area contributed by atoms with Gasteiger partial charge in [-0.15, -0.1) is 0 Å². The van der Waals surface area contributed by atoms with E-state index < -0.39 is 6.03 Å². The monoisotopic (exact) mass is 570 g/mol. The highest BCUT2D eigenvalue weighted by Crippen LogP contribution is 2.29. The molecule has 0 aliphatic carbocycles. The maximum atomic E-state index is 13.6. The molecule has 0 aliphatic heterocycles. The van der Waals surface area contributed by atoms with Crippen LogP contribution in [0, 0.1) is 5.82 Å². The Kier molecular flexibility index (Phi) is 9.81. The molecular weight excluding hydrogens is 542 g/mol. The Hall–Kier alpha value is -3.59. The highest BCUT2D eigenvalue weighted by Gasteiger charge is 2.23. The lowest BCUT2D eigenvalue weighted by Crippen LogP contribution is -2.46. The molecule has 0 saturated carbocycles. The molecule has 4 aromatic rings. The Morgan fingerprint density at radius 3 is 2.51 bits per heavy atom. The summed E-state index contributed by atoms with van der Waals surface area (Å²) < 4.78 is 18.7. The molecule has 0 bridgehead atoms. The second kappa shape index (κ2) is 13.5. The summed E-state index contributed by atoms with van der Waals surface area (Å²) in [6.45, 7) is 0.887. The van der Waals surface area contributed by atoms with E-state index in [1.165, 1.54) is 24.1 Å². The number of ether oxygens (including phenoxy) is 1. The number of nitrogens with zero attached hydrogens (tertiary/aromatic N) is 2. The highest BCUT2D eigenvalue weighted by molar-refractivity contribution is 6.43. The number of halogens is 3. The minimum absolute atomic E-state index is 0.180. The number of benzene rings is 3. The third-order valence-corrected chi connectivity index (χ3v) is 7.16. The van der Waals surface area contributed by atoms with Crippen molar-refractivity contribution in [3.63, 3.8) is 0 Å². The zero-order valence-electron chi connectivity index (χ0n) is 21.4. The van der Waals surface area contributed by atoms with Crippen LogP contribution >= 0.6 is 23.2 Å². The van der Waals surface area contributed by atoms with Crippen LogP contribution in [0.4, 0.5) is 14.9 Å². The Balaban J connectivity index is 1.52. The van der Waals surface area contributed by atoms with Crippen LogP contribution in [0.3, 0.4) is 0 Å². The number of para-hydroxylation sites is 1. The number of urea groups is 1. The third-order valence-electron chi connectivity index (χ3n) is 6.34. The zero-order chi connectivity index (χ0) is 27.8. The first kappa shape index (κ1) is 28.4. The quantitative estimate of drug-likeness (QED) is 0.220. The summed E-state index contributed by atoms with van der Waals surface area (Å²) in [5.74, 6) is -0.611. The van der Waals surface area contributed by atoms with E-state index in [0.29, 0.717) is 23.7 Å². The van der Waals surface area contributed by atoms with Crippen LogP contribution < -0.4 is 5.32 Å². The number of methoxy groups -OCH3 is 1. The summed E-state index contributed by atoms with van der Waals surface area (Å²) in [7, 11) is 1.52. The molecule has 0 atom stereocenters. The van der Waals surface area contributed by atoms with E-state index >= 15 is 0 Å². The molecule has 0 radical (unpaired) electrons. The van der Waals surface area contributed by atoms with Crippen molar-refractivity contribution in [3.8, 4) is 0 Å². The van der Waals surface area contributed by atoms with Gasteiger partial charge >= 0.3 is 6.03 Å². The molecule has 1 heterocycles. The molecule has 0 saturated heterocycles. The molecule has 7 nitrogen and oxygen atoms in total. The molecule has 0 aliphatic rings. The Morgan fingerprint density at radius 1 is 0.974 bits per heavy atom. The largest absolute Gasteiger partial charge is 0.383 e. The van der Waals surface area contributed by atoms with Crippen molar-refractivity contribution in [2.75, 3.05) is 38.7 Å². The zero-order valence-corrected chi connectivity index (χ0v) is 22.9. The number of carbonyl (C=O) groups is 2. The minimum atomic E-state index is -0.511. The van der Waals surface area contributed by atoms with Gasteiger partial charge in [0.2, 0.25) is 5.91 Å². The number of aromatic nitrogens is 1. The summed E-state index contributed by atoms with van der Waals surface area (Å²) in [6.07, 6.45) is 2.54. The van der Waals surface area contributed by atoms with E-state index in [9.17, 15) is 14.0 Å². The lowest BCUT2D eigenvalue weighted by molar-refractivity contribution is -0.132. The summed E-state index contributed by atoms with van der Waals surface area (Å²) in [6, 6.07) is 18.4. The summed E-state index contributed by atoms with van der Waals surface area (Å²) in [5, 5.41) is 4.34. The number of amides is 3. The molecule has 3 aromatic carbocycles. The van der Waals surface area contributed by atoms with Gasteiger partial charge in [0, 0.05) is 43.8 Å². The maximum absolute atomic E-state index is 13.6. The first-order valence-electron chi connectivity index (χ1n) is 12.4. The third kappa shape index (κ3) is 7.50. The van der Waals surface area contributed by atoms with Crippen LogP contribution in [0.1, 0.15) is 11.1 Å². The molecule has 10 heteroatoms. The van der Waals surface area contributed by atoms with Crippen LogP contribution in [0.5, 0.6) is 0 Å². The fourth-order valence-corrected chi connectivity index (χ4v) is 4.56. The number of nitrogens with one attached hydrogen (secondary N) is 2. The van der Waals surface area contributed by atoms with Gasteiger partial charge in [-0.25, -0.2) is 9.18 Å². The van der Waals surface area contributed by atoms with Gasteiger partial charge in [-0.3, -0.25) is 4.79 Å². The molecule has 0 unspecified atom stereocenters. The Bertz CT molecular complexity index is 1430. The van der Waals surface area contributed by atoms with Crippen LogP contribution in [-0.2, 0) is 22.5 Å². The fourth-order valence-electron chi connectivity index (χ4n) is 4.21. The van der Waals surface area contributed by atoms with Crippen LogP contribution in [0.2, 0.25) is 10.0 Å². The van der Waals surface area contributed by atoms with Crippen molar-refractivity contribution in [1.82, 2.24) is 14.8 Å². The smallest absolute Gasteiger partial charge is 0.322 e. The Labute approximate surface area is 236 Å². The number of hydrogen-bond acceptors (Lipinski definition) is 3. The maximum Gasteiger partial charge on any atom is 0.322 e. The molecule has 1 aromatic heterocycles. The van der Waals surface area contributed by atoms with Gasteiger partial charge < -0.3 is 24.8 Å². The van der Waals surface area contributed by atoms with Crippen molar-refractivity contribution in [2.24, 2.45) is 0 Å². The van der Waals surface area contributed by atoms with Gasteiger partial charge in [0.05, 0.1) is 22.3 Å². The summed E-state index contributed by atoms with van der Waals surface area (Å²) >= 11 is 12.3. The standard InChI is InChI=1S/C29H29Cl2FN4O3/c1-39-16-15-36(29(38)34-26-8-4-6-24(30)28(26)31)19-27(37)35(18-20-9-11-22(32)12-10-20)14-13-21-17-33-25-7-3-2-5-23(21)25/h2-12,17,33H,13-16,18-19H2,1H3,(H,34,38). The number of anilines is 1. The molecule has 39 heavy (non-hydrogen) atoms. The predicted octanol–water partition coefficient (Wildman–Crippen LogP) is 6.37. The van der Waals surface area contributed by atoms with Crippen molar-refractivity contribution in [2.45, 2.75) is 13.0 Å². The lowest BCUT2D eigenvalue weighted by Gasteiger charge is -2.28. The van der Waals surface area contributed by atoms with Gasteiger partial charge in [0.15, 0.2) is 0 Å². The average molecular weight is 571 g/mol. The minimum Gasteiger partial charge on any atom is -0.383 e. The van der Waals surface area contributed by atoms with Crippen LogP contribution in [0.25, 0.3) is 10.9 Å². The van der Waals surface area contributed by atoms with E-state index in [0.717, 1.165) is 22.0 Å². The van der Waals surface area contributed by atoms with E-state index in [-0.39, 0.29) is 43.0 Å². The molecular formula is C29H29Cl2FN4O3. The highest BCUT2D eigenvalue weighted by atomic mass is 35.5. The van der Waals surface area contributed by atoms with Crippen molar-refractivity contribution in [3.05, 3.63) is 99.9 Å². The second-order valence-corrected chi connectivity index (χ2v) is 9.78. The van der Waals surface area contributed by atoms with Gasteiger partial charge in [-0.05, 0) is 47.9 Å². The number of aromatic amines is 1. The van der Waals surface area contributed by atoms with Crippen LogP contribution in [0.15, 0.2) is 72.9 Å². The molecule has 0 fully saturated rings. The van der Waals surface area contributed by atoms with Gasteiger partial charge in [0.1, 0.15) is 12.4 Å². The first-order valence-corrected chi connectivity index (χ1v) is 13.2. The predicted molar refractivity (Wildman–Crippen MR) is 153 cm³/mol. The van der Waals surface area contributed by atoms with Gasteiger partial charge in [0.25, 0.3) is 0 Å². The summed E-state index contributed by atoms with van der Waals surface area (Å²) in [5.41, 5.74) is 3.21. The van der Waals surface area contributed by atoms with Gasteiger partial charge in [-0.2, -0.15) is 0 Å². The second-order valence-electron chi connectivity index (χ2n) is 9.00. The van der Waals surface area contributed by atoms with Crippen molar-refractivity contribution < 1.29 is 18.7 Å². The number of carbonyl (C=O) groups excluding carboxylic acids is 2. The van der Waals surface area contributed by atoms with E-state index in [1.54, 1.807) is 35.2 Å². The van der Waals surface area contributed by atoms with Crippen molar-refractivity contribution in [1.29, 1.82) is 0 Å². The SMILES string of the molecule is COCCN(CC(=O)N(CCc1c[nH]c2ccccc12)Cc1ccc(F)cc1)C(=O)Nc1cccc(Cl)c1Cl. The van der Waals surface area contributed by atoms with Crippen LogP contribution in [-0.4, -0.2) is 60.1 Å². The van der Waals surface area contributed by atoms with E-state index in [1.807, 2.05) is 30.5 Å². The number of fused-ring (bicyclic) bond motifs is 1. The molecule has 4 rings (SSSR count). The summed E-state index contributed by atoms with van der Waals surface area (Å²) in [4.78, 5) is 33.1. The number of H-pyrrole nitrogens is 1. The molecule has 2 N–H and O–H groups in total. The van der Waals surface area contributed by atoms with E-state index in [4.69, 9.17) is 27.9 Å². The lowest BCUT2D eigenvalue weighted by atomic mass is 10.1. The molecule has 3 amide bonds. The fraction of sp³-hybridized carbons (Fsp3) is 0.241. The number of rotatable bonds is 11. The molecule has 0 spiro atoms. The Morgan fingerprint density at radius 2 is 1.74 bits per heavy atom.